The highest BCUT2D eigenvalue weighted by Crippen LogP contribution is 2.35. The molecule has 0 radical (unpaired) electrons. The molecular weight excluding hydrogens is 422 g/mol. The molecule has 0 saturated carbocycles. The van der Waals surface area contributed by atoms with Crippen LogP contribution < -0.4 is 15.8 Å². The number of ketones is 1. The van der Waals surface area contributed by atoms with Crippen LogP contribution in [0.4, 0.5) is 17.1 Å². The third-order valence-electron chi connectivity index (χ3n) is 4.86. The average Bonchev–Trinajstić information content (AvgIpc) is 2.72. The van der Waals surface area contributed by atoms with Crippen molar-refractivity contribution in [2.24, 2.45) is 10.5 Å². The molecule has 1 aromatic rings. The van der Waals surface area contributed by atoms with E-state index in [9.17, 15) is 30.1 Å². The highest BCUT2D eigenvalue weighted by Gasteiger charge is 2.30. The number of nitro groups is 2. The van der Waals surface area contributed by atoms with Crippen molar-refractivity contribution in [3.63, 3.8) is 0 Å². The minimum Gasteiger partial charge on any atom is -0.875 e. The number of non-ortho nitro benzene ring substituents is 1. The van der Waals surface area contributed by atoms with Gasteiger partial charge in [-0.15, -0.1) is 5.76 Å². The lowest BCUT2D eigenvalue weighted by Crippen LogP contribution is -2.87. The normalized spacial score (nSPS) is 18.5. The van der Waals surface area contributed by atoms with Gasteiger partial charge in [0.1, 0.15) is 5.69 Å². The number of quaternary nitrogens is 1. The van der Waals surface area contributed by atoms with Gasteiger partial charge in [0.25, 0.3) is 5.69 Å². The summed E-state index contributed by atoms with van der Waals surface area (Å²) in [4.78, 5) is 32.5. The van der Waals surface area contributed by atoms with Gasteiger partial charge < -0.3 is 15.2 Å². The predicted molar refractivity (Wildman–Crippen MR) is 114 cm³/mol. The van der Waals surface area contributed by atoms with Gasteiger partial charge in [-0.3, -0.25) is 30.4 Å². The number of allylic oxidation sites excluding steroid dienone is 2. The van der Waals surface area contributed by atoms with Crippen molar-refractivity contribution in [1.82, 2.24) is 0 Å². The Morgan fingerprint density at radius 1 is 1.16 bits per heavy atom. The van der Waals surface area contributed by atoms with Gasteiger partial charge >= 0.3 is 5.69 Å². The summed E-state index contributed by atoms with van der Waals surface area (Å²) in [6.07, 6.45) is 0.414. The summed E-state index contributed by atoms with van der Waals surface area (Å²) in [7, 11) is 0. The first-order valence-corrected chi connectivity index (χ1v) is 10.1. The van der Waals surface area contributed by atoms with Crippen LogP contribution in [0.25, 0.3) is 0 Å². The third-order valence-corrected chi connectivity index (χ3v) is 4.86. The molecule has 32 heavy (non-hydrogen) atoms. The molecule has 174 valence electrons. The number of benzene rings is 1. The van der Waals surface area contributed by atoms with E-state index in [0.29, 0.717) is 0 Å². The van der Waals surface area contributed by atoms with Crippen molar-refractivity contribution >= 4 is 28.6 Å². The molecule has 3 N–H and O–H groups in total. The Balaban J connectivity index is 0.000000520. The highest BCUT2D eigenvalue weighted by molar-refractivity contribution is 6.22. The fraction of sp³-hybridized carbons (Fsp3) is 0.500. The van der Waals surface area contributed by atoms with Crippen molar-refractivity contribution in [3.8, 4) is 0 Å². The molecule has 1 saturated heterocycles. The Hall–Kier alpha value is -3.38. The second-order valence-electron chi connectivity index (χ2n) is 8.24. The minimum absolute atomic E-state index is 0.0265. The predicted octanol–water partition coefficient (Wildman–Crippen LogP) is 0.874. The van der Waals surface area contributed by atoms with Crippen molar-refractivity contribution in [1.29, 1.82) is 0 Å². The molecule has 12 heteroatoms. The lowest BCUT2D eigenvalue weighted by molar-refractivity contribution is -0.670. The lowest BCUT2D eigenvalue weighted by Gasteiger charge is -2.34. The van der Waals surface area contributed by atoms with Crippen LogP contribution in [0, 0.1) is 25.6 Å². The summed E-state index contributed by atoms with van der Waals surface area (Å²) < 4.78 is 5.04. The Morgan fingerprint density at radius 3 is 2.28 bits per heavy atom. The number of nitrogens with two attached hydrogens (primary N) is 1. The Bertz CT molecular complexity index is 940. The fourth-order valence-electron chi connectivity index (χ4n) is 3.33. The number of carbonyl (C=O) groups is 1. The molecule has 1 aliphatic carbocycles. The van der Waals surface area contributed by atoms with Gasteiger partial charge in [0.2, 0.25) is 0 Å². The van der Waals surface area contributed by atoms with E-state index in [1.54, 1.807) is 0 Å². The van der Waals surface area contributed by atoms with Gasteiger partial charge in [0.05, 0.1) is 47.9 Å². The first-order valence-electron chi connectivity index (χ1n) is 10.1. The summed E-state index contributed by atoms with van der Waals surface area (Å²) in [5.41, 5.74) is 1.03. The topological polar surface area (TPSA) is 177 Å². The van der Waals surface area contributed by atoms with Crippen LogP contribution >= 0.6 is 0 Å². The number of carbonyl (C=O) groups excluding carboxylic acids is 1. The van der Waals surface area contributed by atoms with Gasteiger partial charge in [0, 0.05) is 18.1 Å². The zero-order valence-electron chi connectivity index (χ0n) is 18.3. The Labute approximate surface area is 184 Å². The van der Waals surface area contributed by atoms with E-state index < -0.39 is 26.6 Å². The zero-order chi connectivity index (χ0) is 23.9. The number of nitrogens with one attached hydrogen (secondary N) is 1. The molecule has 0 spiro atoms. The summed E-state index contributed by atoms with van der Waals surface area (Å²) >= 11 is 0. The van der Waals surface area contributed by atoms with Gasteiger partial charge in [-0.1, -0.05) is 13.8 Å². The molecule has 1 aliphatic heterocycles. The first kappa shape index (κ1) is 24.9. The molecule has 1 aromatic carbocycles. The first-order chi connectivity index (χ1) is 15.0. The number of hydrazone groups is 1. The van der Waals surface area contributed by atoms with Gasteiger partial charge in [-0.25, -0.2) is 0 Å². The molecular formula is C20H27N5O7. The number of ether oxygens (including phenoxy) is 1. The number of hydrogen-bond donors (Lipinski definition) is 2. The monoisotopic (exact) mass is 449 g/mol. The summed E-state index contributed by atoms with van der Waals surface area (Å²) in [6, 6.07) is 3.04. The lowest BCUT2D eigenvalue weighted by atomic mass is 9.76. The Morgan fingerprint density at radius 2 is 1.81 bits per heavy atom. The van der Waals surface area contributed by atoms with Crippen LogP contribution in [0.3, 0.4) is 0 Å². The van der Waals surface area contributed by atoms with E-state index in [-0.39, 0.29) is 41.4 Å². The number of nitrogens with zero attached hydrogens (tertiary/aromatic N) is 3. The maximum atomic E-state index is 12.2. The highest BCUT2D eigenvalue weighted by atomic mass is 16.6. The van der Waals surface area contributed by atoms with E-state index >= 15 is 0 Å². The molecule has 3 rings (SSSR count). The van der Waals surface area contributed by atoms with Crippen molar-refractivity contribution in [2.45, 2.75) is 33.6 Å². The third kappa shape index (κ3) is 6.82. The molecule has 0 bridgehead atoms. The second-order valence-corrected chi connectivity index (χ2v) is 8.24. The molecule has 0 unspecified atom stereocenters. The second kappa shape index (κ2) is 10.8. The maximum Gasteiger partial charge on any atom is 0.301 e. The number of nitro benzene ring substituents is 2. The van der Waals surface area contributed by atoms with Crippen molar-refractivity contribution in [2.75, 3.05) is 31.7 Å². The van der Waals surface area contributed by atoms with E-state index in [2.05, 4.69) is 15.8 Å². The van der Waals surface area contributed by atoms with E-state index in [1.165, 1.54) is 6.92 Å². The quantitative estimate of drug-likeness (QED) is 0.378. The summed E-state index contributed by atoms with van der Waals surface area (Å²) in [5, 5.41) is 40.2. The van der Waals surface area contributed by atoms with Crippen LogP contribution in [0.1, 0.15) is 33.6 Å². The molecule has 0 atom stereocenters. The van der Waals surface area contributed by atoms with Crippen molar-refractivity contribution in [3.05, 3.63) is 49.8 Å². The fourth-order valence-corrected chi connectivity index (χ4v) is 3.33. The Kier molecular flexibility index (Phi) is 8.38. The smallest absolute Gasteiger partial charge is 0.301 e. The molecule has 1 heterocycles. The standard InChI is InChI=1S/C16H18N4O6.C4H9NO/c1-9(15-13(21)7-16(2,3)8-14(15)22)17-18-11-5-4-10(19(23)24)6-12(11)20(25)26;1-3-6-4-2-5-1/h4-6,18,21H,7-8H2,1-3H3;5H,1-4H2/b17-9+;. The van der Waals surface area contributed by atoms with Crippen LogP contribution in [0.5, 0.6) is 0 Å². The van der Waals surface area contributed by atoms with Crippen LogP contribution in [-0.2, 0) is 9.53 Å². The minimum atomic E-state index is -0.785. The summed E-state index contributed by atoms with van der Waals surface area (Å²) in [5.74, 6) is -0.653. The molecule has 12 nitrogen and oxygen atoms in total. The number of Topliss-reactive ketones (excluding diaryl/α,β-unsaturated/α-hetero) is 1. The zero-order valence-corrected chi connectivity index (χ0v) is 18.3. The van der Waals surface area contributed by atoms with Gasteiger partial charge in [-0.2, -0.15) is 5.10 Å². The number of morpholine rings is 1. The van der Waals surface area contributed by atoms with Gasteiger partial charge in [0.15, 0.2) is 5.78 Å². The van der Waals surface area contributed by atoms with E-state index in [4.69, 9.17) is 4.74 Å². The number of rotatable bonds is 5. The molecule has 1 fully saturated rings. The summed E-state index contributed by atoms with van der Waals surface area (Å²) in [6.45, 7) is 9.29. The largest absolute Gasteiger partial charge is 0.875 e. The van der Waals surface area contributed by atoms with E-state index in [0.717, 1.165) is 44.5 Å². The van der Waals surface area contributed by atoms with Crippen LogP contribution in [-0.4, -0.2) is 47.6 Å². The number of hydrogen-bond acceptors (Lipinski definition) is 9. The molecule has 2 aliphatic rings. The van der Waals surface area contributed by atoms with E-state index in [1.807, 2.05) is 13.8 Å². The van der Waals surface area contributed by atoms with Crippen LogP contribution in [0.15, 0.2) is 34.6 Å². The maximum absolute atomic E-state index is 12.2. The molecule has 0 aromatic heterocycles. The van der Waals surface area contributed by atoms with Crippen molar-refractivity contribution < 1.29 is 29.8 Å². The average molecular weight is 449 g/mol. The van der Waals surface area contributed by atoms with Crippen LogP contribution in [0.2, 0.25) is 0 Å². The molecule has 0 amide bonds. The number of anilines is 1. The van der Waals surface area contributed by atoms with Gasteiger partial charge in [-0.05, 0) is 24.8 Å². The SMILES string of the molecule is C/C(=N\Nc1ccc([N+](=O)[O-])cc1[N+](=O)[O-])C1=C([O-])CC(C)(C)CC1=O.C1COCC[NH2+]1.